The number of ether oxygens (including phenoxy) is 1. The summed E-state index contributed by atoms with van der Waals surface area (Å²) in [6.07, 6.45) is 7.95. The zero-order chi connectivity index (χ0) is 14.2. The van der Waals surface area contributed by atoms with Gasteiger partial charge in [-0.2, -0.15) is 0 Å². The van der Waals surface area contributed by atoms with Crippen molar-refractivity contribution < 1.29 is 13.9 Å². The summed E-state index contributed by atoms with van der Waals surface area (Å²) in [4.78, 5) is 11.2. The maximum Gasteiger partial charge on any atom is 0.162 e. The second kappa shape index (κ2) is 5.19. The van der Waals surface area contributed by atoms with Crippen LogP contribution in [0.3, 0.4) is 0 Å². The molecule has 2 saturated carbocycles. The number of benzene rings is 1. The van der Waals surface area contributed by atoms with Gasteiger partial charge in [-0.3, -0.25) is 4.79 Å². The van der Waals surface area contributed by atoms with Crippen molar-refractivity contribution in [3.8, 4) is 5.75 Å². The number of ketones is 1. The predicted molar refractivity (Wildman–Crippen MR) is 75.5 cm³/mol. The Balaban J connectivity index is 1.53. The van der Waals surface area contributed by atoms with Crippen LogP contribution >= 0.6 is 0 Å². The Morgan fingerprint density at radius 2 is 2.00 bits per heavy atom. The molecule has 1 spiro atoms. The Morgan fingerprint density at radius 3 is 2.55 bits per heavy atom. The highest BCUT2D eigenvalue weighted by atomic mass is 19.1. The van der Waals surface area contributed by atoms with E-state index in [-0.39, 0.29) is 11.3 Å². The van der Waals surface area contributed by atoms with Crippen LogP contribution in [0.15, 0.2) is 18.2 Å². The van der Waals surface area contributed by atoms with E-state index in [0.29, 0.717) is 23.7 Å². The van der Waals surface area contributed by atoms with Gasteiger partial charge in [0.2, 0.25) is 0 Å². The van der Waals surface area contributed by atoms with Crippen molar-refractivity contribution in [2.75, 3.05) is 6.61 Å². The van der Waals surface area contributed by atoms with Crippen molar-refractivity contribution in [3.63, 3.8) is 0 Å². The largest absolute Gasteiger partial charge is 0.493 e. The molecular weight excluding hydrogens is 255 g/mol. The molecule has 0 bridgehead atoms. The summed E-state index contributed by atoms with van der Waals surface area (Å²) in [5.41, 5.74) is 0.830. The quantitative estimate of drug-likeness (QED) is 0.763. The number of Topliss-reactive ketones (excluding diaryl/α,β-unsaturated/α-hetero) is 1. The highest BCUT2D eigenvalue weighted by Crippen LogP contribution is 2.57. The van der Waals surface area contributed by atoms with Crippen molar-refractivity contribution in [1.82, 2.24) is 0 Å². The van der Waals surface area contributed by atoms with Gasteiger partial charge in [-0.25, -0.2) is 4.39 Å². The van der Waals surface area contributed by atoms with E-state index in [0.717, 1.165) is 0 Å². The number of rotatable bonds is 4. The number of carbonyl (C=O) groups is 1. The molecule has 108 valence electrons. The average Bonchev–Trinajstić information content (AvgIpc) is 3.17. The van der Waals surface area contributed by atoms with E-state index in [9.17, 15) is 9.18 Å². The van der Waals surface area contributed by atoms with Crippen LogP contribution in [-0.4, -0.2) is 12.4 Å². The van der Waals surface area contributed by atoms with Crippen LogP contribution in [0.2, 0.25) is 0 Å². The third kappa shape index (κ3) is 2.87. The lowest BCUT2D eigenvalue weighted by Crippen LogP contribution is -2.20. The molecule has 0 heterocycles. The smallest absolute Gasteiger partial charge is 0.162 e. The molecule has 2 aliphatic carbocycles. The summed E-state index contributed by atoms with van der Waals surface area (Å²) in [6, 6.07) is 4.51. The van der Waals surface area contributed by atoms with Gasteiger partial charge in [-0.15, -0.1) is 0 Å². The first-order valence-electron chi connectivity index (χ1n) is 7.51. The third-order valence-corrected chi connectivity index (χ3v) is 4.93. The van der Waals surface area contributed by atoms with Crippen LogP contribution in [0.4, 0.5) is 4.39 Å². The van der Waals surface area contributed by atoms with Gasteiger partial charge in [-0.05, 0) is 68.9 Å². The maximum absolute atomic E-state index is 13.7. The molecule has 0 radical (unpaired) electrons. The van der Waals surface area contributed by atoms with Crippen molar-refractivity contribution >= 4 is 5.78 Å². The molecule has 1 aromatic rings. The van der Waals surface area contributed by atoms with Crippen LogP contribution in [0, 0.1) is 17.2 Å². The van der Waals surface area contributed by atoms with E-state index < -0.39 is 5.82 Å². The van der Waals surface area contributed by atoms with Gasteiger partial charge in [0.05, 0.1) is 12.2 Å². The van der Waals surface area contributed by atoms with Gasteiger partial charge in [0.15, 0.2) is 5.78 Å². The third-order valence-electron chi connectivity index (χ3n) is 4.93. The van der Waals surface area contributed by atoms with E-state index in [1.807, 2.05) is 0 Å². The van der Waals surface area contributed by atoms with Crippen LogP contribution in [0.5, 0.6) is 5.75 Å². The average molecular weight is 276 g/mol. The van der Waals surface area contributed by atoms with Gasteiger partial charge < -0.3 is 4.74 Å². The Bertz CT molecular complexity index is 510. The summed E-state index contributed by atoms with van der Waals surface area (Å²) >= 11 is 0. The maximum atomic E-state index is 13.7. The Labute approximate surface area is 119 Å². The van der Waals surface area contributed by atoms with E-state index in [1.165, 1.54) is 57.6 Å². The highest BCUT2D eigenvalue weighted by Gasteiger charge is 2.44. The molecule has 0 amide bonds. The molecule has 0 aliphatic heterocycles. The minimum absolute atomic E-state index is 0.130. The van der Waals surface area contributed by atoms with Crippen LogP contribution < -0.4 is 4.74 Å². The van der Waals surface area contributed by atoms with E-state index >= 15 is 0 Å². The van der Waals surface area contributed by atoms with Gasteiger partial charge in [0.1, 0.15) is 11.6 Å². The predicted octanol–water partition coefficient (Wildman–Crippen LogP) is 4.38. The van der Waals surface area contributed by atoms with Gasteiger partial charge >= 0.3 is 0 Å². The molecule has 0 aromatic heterocycles. The molecular formula is C17H21FO2. The summed E-state index contributed by atoms with van der Waals surface area (Å²) in [6.45, 7) is 2.03. The molecule has 3 heteroatoms. The summed E-state index contributed by atoms with van der Waals surface area (Å²) in [5, 5.41) is 0. The molecule has 2 nitrogen and oxygen atoms in total. The lowest BCUT2D eigenvalue weighted by Gasteiger charge is -2.28. The summed E-state index contributed by atoms with van der Waals surface area (Å²) < 4.78 is 19.4. The molecule has 2 aliphatic rings. The van der Waals surface area contributed by atoms with Crippen molar-refractivity contribution in [2.24, 2.45) is 11.3 Å². The molecule has 2 fully saturated rings. The molecule has 20 heavy (non-hydrogen) atoms. The normalized spacial score (nSPS) is 20.9. The lowest BCUT2D eigenvalue weighted by molar-refractivity contribution is 0.101. The first-order chi connectivity index (χ1) is 9.58. The van der Waals surface area contributed by atoms with Gasteiger partial charge in [0, 0.05) is 6.07 Å². The fourth-order valence-corrected chi connectivity index (χ4v) is 3.22. The number of hydrogen-bond donors (Lipinski definition) is 0. The lowest BCUT2D eigenvalue weighted by atomic mass is 9.80. The summed E-state index contributed by atoms with van der Waals surface area (Å²) in [7, 11) is 0. The van der Waals surface area contributed by atoms with Crippen LogP contribution in [-0.2, 0) is 0 Å². The fourth-order valence-electron chi connectivity index (χ4n) is 3.22. The summed E-state index contributed by atoms with van der Waals surface area (Å²) in [5.74, 6) is 0.377. The van der Waals surface area contributed by atoms with Gasteiger partial charge in [0.25, 0.3) is 0 Å². The van der Waals surface area contributed by atoms with Crippen molar-refractivity contribution in [2.45, 2.75) is 45.4 Å². The second-order valence-electron chi connectivity index (χ2n) is 6.45. The topological polar surface area (TPSA) is 26.3 Å². The minimum Gasteiger partial charge on any atom is -0.493 e. The second-order valence-corrected chi connectivity index (χ2v) is 6.45. The Morgan fingerprint density at radius 1 is 1.30 bits per heavy atom. The number of halogens is 1. The first kappa shape index (κ1) is 13.6. The molecule has 0 N–H and O–H groups in total. The molecule has 0 saturated heterocycles. The molecule has 0 atom stereocenters. The van der Waals surface area contributed by atoms with Crippen molar-refractivity contribution in [3.05, 3.63) is 29.6 Å². The fraction of sp³-hybridized carbons (Fsp3) is 0.588. The SMILES string of the molecule is CC(=O)c1ccc(OCC2CCC3(CC2)CC3)cc1F. The van der Waals surface area contributed by atoms with E-state index in [2.05, 4.69) is 0 Å². The Kier molecular flexibility index (Phi) is 3.53. The van der Waals surface area contributed by atoms with E-state index in [1.54, 1.807) is 6.07 Å². The zero-order valence-corrected chi connectivity index (χ0v) is 12.0. The standard InChI is InChI=1S/C17H21FO2/c1-12(19)15-3-2-14(10-16(15)18)20-11-13-4-6-17(7-5-13)8-9-17/h2-3,10,13H,4-9,11H2,1H3. The van der Waals surface area contributed by atoms with Crippen LogP contribution in [0.1, 0.15) is 55.8 Å². The molecule has 3 rings (SSSR count). The number of carbonyl (C=O) groups excluding carboxylic acids is 1. The molecule has 0 unspecified atom stereocenters. The monoisotopic (exact) mass is 276 g/mol. The minimum atomic E-state index is -0.490. The van der Waals surface area contributed by atoms with Gasteiger partial charge in [-0.1, -0.05) is 0 Å². The Hall–Kier alpha value is -1.38. The van der Waals surface area contributed by atoms with E-state index in [4.69, 9.17) is 4.74 Å². The highest BCUT2D eigenvalue weighted by molar-refractivity contribution is 5.94. The zero-order valence-electron chi connectivity index (χ0n) is 12.0. The molecule has 1 aromatic carbocycles. The number of hydrogen-bond acceptors (Lipinski definition) is 2. The van der Waals surface area contributed by atoms with Crippen molar-refractivity contribution in [1.29, 1.82) is 0 Å². The van der Waals surface area contributed by atoms with Crippen LogP contribution in [0.25, 0.3) is 0 Å². The first-order valence-corrected chi connectivity index (χ1v) is 7.51.